The SMILES string of the molecule is O=C(NCC1(N2CCOCC2)CCCCC1)c1ccc2c(c1)S(=O)(=O)c1ccccc1C2=O. The molecule has 33 heavy (non-hydrogen) atoms. The lowest BCUT2D eigenvalue weighted by Crippen LogP contribution is -2.59. The number of carbonyl (C=O) groups is 2. The molecule has 0 spiro atoms. The summed E-state index contributed by atoms with van der Waals surface area (Å²) in [7, 11) is -3.88. The molecule has 5 rings (SSSR count). The van der Waals surface area contributed by atoms with Crippen molar-refractivity contribution in [1.82, 2.24) is 10.2 Å². The number of nitrogens with zero attached hydrogens (tertiary/aromatic N) is 1. The number of hydrogen-bond donors (Lipinski definition) is 1. The van der Waals surface area contributed by atoms with Crippen LogP contribution in [0.2, 0.25) is 0 Å². The summed E-state index contributed by atoms with van der Waals surface area (Å²) in [5.41, 5.74) is 0.444. The van der Waals surface area contributed by atoms with Crippen LogP contribution < -0.4 is 5.32 Å². The minimum atomic E-state index is -3.88. The number of carbonyl (C=O) groups excluding carboxylic acids is 2. The van der Waals surface area contributed by atoms with Crippen molar-refractivity contribution in [2.45, 2.75) is 47.4 Å². The molecule has 2 aromatic carbocycles. The maximum Gasteiger partial charge on any atom is 0.251 e. The van der Waals surface area contributed by atoms with Gasteiger partial charge in [-0.15, -0.1) is 0 Å². The summed E-state index contributed by atoms with van der Waals surface area (Å²) >= 11 is 0. The van der Waals surface area contributed by atoms with Gasteiger partial charge in [0, 0.05) is 41.9 Å². The molecule has 8 heteroatoms. The maximum atomic E-state index is 13.2. The lowest BCUT2D eigenvalue weighted by atomic mass is 9.79. The molecular weight excluding hydrogens is 440 g/mol. The maximum absolute atomic E-state index is 13.2. The van der Waals surface area contributed by atoms with Gasteiger partial charge in [-0.1, -0.05) is 31.4 Å². The van der Waals surface area contributed by atoms with Crippen LogP contribution in [-0.4, -0.2) is 63.4 Å². The number of nitrogens with one attached hydrogen (secondary N) is 1. The van der Waals surface area contributed by atoms with Crippen LogP contribution >= 0.6 is 0 Å². The van der Waals surface area contributed by atoms with Crippen molar-refractivity contribution in [3.63, 3.8) is 0 Å². The zero-order chi connectivity index (χ0) is 23.1. The van der Waals surface area contributed by atoms with Gasteiger partial charge in [0.25, 0.3) is 5.91 Å². The predicted molar refractivity (Wildman–Crippen MR) is 122 cm³/mol. The summed E-state index contributed by atoms with van der Waals surface area (Å²) < 4.78 is 31.9. The highest BCUT2D eigenvalue weighted by Gasteiger charge is 2.39. The predicted octanol–water partition coefficient (Wildman–Crippen LogP) is 2.83. The fourth-order valence-electron chi connectivity index (χ4n) is 5.42. The normalized spacial score (nSPS) is 21.6. The zero-order valence-electron chi connectivity index (χ0n) is 18.5. The number of sulfone groups is 1. The number of fused-ring (bicyclic) bond motifs is 2. The number of morpholine rings is 1. The van der Waals surface area contributed by atoms with E-state index in [1.165, 1.54) is 36.8 Å². The summed E-state index contributed by atoms with van der Waals surface area (Å²) in [6.07, 6.45) is 5.52. The number of amides is 1. The van der Waals surface area contributed by atoms with Gasteiger partial charge in [-0.25, -0.2) is 8.42 Å². The van der Waals surface area contributed by atoms with Gasteiger partial charge in [-0.05, 0) is 43.2 Å². The van der Waals surface area contributed by atoms with E-state index in [2.05, 4.69) is 10.2 Å². The molecule has 1 aliphatic carbocycles. The molecule has 3 aliphatic rings. The summed E-state index contributed by atoms with van der Waals surface area (Å²) in [6.45, 7) is 3.63. The van der Waals surface area contributed by atoms with Gasteiger partial charge in [0.1, 0.15) is 0 Å². The standard InChI is InChI=1S/C25H28N2O5S/c28-23-19-6-2-3-7-21(19)33(30,31)22-16-18(8-9-20(22)23)24(29)26-17-25(10-4-1-5-11-25)27-12-14-32-15-13-27/h2-3,6-9,16H,1,4-5,10-15,17H2,(H,26,29). The molecule has 2 fully saturated rings. The van der Waals surface area contributed by atoms with Crippen LogP contribution in [0.3, 0.4) is 0 Å². The van der Waals surface area contributed by atoms with Gasteiger partial charge in [-0.3, -0.25) is 14.5 Å². The van der Waals surface area contributed by atoms with Gasteiger partial charge < -0.3 is 10.1 Å². The second-order valence-electron chi connectivity index (χ2n) is 9.11. The molecule has 2 heterocycles. The third-order valence-electron chi connectivity index (χ3n) is 7.24. The molecule has 0 unspecified atom stereocenters. The highest BCUT2D eigenvalue weighted by atomic mass is 32.2. The van der Waals surface area contributed by atoms with Gasteiger partial charge in [0.15, 0.2) is 5.78 Å². The Morgan fingerprint density at radius 1 is 0.970 bits per heavy atom. The Morgan fingerprint density at radius 2 is 1.67 bits per heavy atom. The first-order chi connectivity index (χ1) is 15.9. The first kappa shape index (κ1) is 22.3. The molecule has 0 radical (unpaired) electrons. The molecule has 2 aromatic rings. The molecule has 2 aliphatic heterocycles. The number of rotatable bonds is 4. The van der Waals surface area contributed by atoms with Crippen LogP contribution in [0.5, 0.6) is 0 Å². The number of hydrogen-bond acceptors (Lipinski definition) is 6. The van der Waals surface area contributed by atoms with E-state index >= 15 is 0 Å². The molecule has 7 nitrogen and oxygen atoms in total. The monoisotopic (exact) mass is 468 g/mol. The zero-order valence-corrected chi connectivity index (χ0v) is 19.3. The first-order valence-corrected chi connectivity index (χ1v) is 13.0. The van der Waals surface area contributed by atoms with Gasteiger partial charge >= 0.3 is 0 Å². The minimum absolute atomic E-state index is 0.00599. The Labute approximate surface area is 194 Å². The van der Waals surface area contributed by atoms with Crippen molar-refractivity contribution >= 4 is 21.5 Å². The largest absolute Gasteiger partial charge is 0.379 e. The van der Waals surface area contributed by atoms with Gasteiger partial charge in [0.05, 0.1) is 23.0 Å². The average Bonchev–Trinajstić information content (AvgIpc) is 2.87. The van der Waals surface area contributed by atoms with Gasteiger partial charge in [-0.2, -0.15) is 0 Å². The molecule has 1 amide bonds. The van der Waals surface area contributed by atoms with E-state index in [9.17, 15) is 18.0 Å². The van der Waals surface area contributed by atoms with Crippen molar-refractivity contribution in [1.29, 1.82) is 0 Å². The Balaban J connectivity index is 1.40. The summed E-state index contributed by atoms with van der Waals surface area (Å²) in [4.78, 5) is 28.3. The van der Waals surface area contributed by atoms with E-state index in [4.69, 9.17) is 4.74 Å². The topological polar surface area (TPSA) is 92.8 Å². The molecule has 0 aromatic heterocycles. The van der Waals surface area contributed by atoms with Crippen LogP contribution in [0, 0.1) is 0 Å². The lowest BCUT2D eigenvalue weighted by Gasteiger charge is -2.48. The summed E-state index contributed by atoms with van der Waals surface area (Å²) in [5.74, 6) is -0.659. The van der Waals surface area contributed by atoms with E-state index in [0.717, 1.165) is 38.8 Å². The first-order valence-electron chi connectivity index (χ1n) is 11.6. The fraction of sp³-hybridized carbons (Fsp3) is 0.440. The van der Waals surface area contributed by atoms with Crippen LogP contribution in [0.4, 0.5) is 0 Å². The third-order valence-corrected chi connectivity index (χ3v) is 9.10. The lowest BCUT2D eigenvalue weighted by molar-refractivity contribution is -0.0361. The van der Waals surface area contributed by atoms with Crippen molar-refractivity contribution in [3.8, 4) is 0 Å². The summed E-state index contributed by atoms with van der Waals surface area (Å²) in [5, 5.41) is 3.07. The Kier molecular flexibility index (Phi) is 5.84. The highest BCUT2D eigenvalue weighted by Crippen LogP contribution is 2.36. The van der Waals surface area contributed by atoms with Crippen molar-refractivity contribution in [3.05, 3.63) is 59.2 Å². The quantitative estimate of drug-likeness (QED) is 0.633. The Hall–Kier alpha value is -2.55. The molecule has 1 saturated heterocycles. The molecular formula is C25H28N2O5S. The van der Waals surface area contributed by atoms with Crippen LogP contribution in [0.1, 0.15) is 58.4 Å². The van der Waals surface area contributed by atoms with E-state index in [1.54, 1.807) is 12.1 Å². The number of benzene rings is 2. The Bertz CT molecular complexity index is 1200. The second-order valence-corrected chi connectivity index (χ2v) is 11.0. The van der Waals surface area contributed by atoms with E-state index in [0.29, 0.717) is 19.8 Å². The molecule has 1 N–H and O–H groups in total. The van der Waals surface area contributed by atoms with Gasteiger partial charge in [0.2, 0.25) is 9.84 Å². The second kappa shape index (κ2) is 8.66. The van der Waals surface area contributed by atoms with E-state index in [1.807, 2.05) is 0 Å². The Morgan fingerprint density at radius 3 is 2.42 bits per heavy atom. The average molecular weight is 469 g/mol. The van der Waals surface area contributed by atoms with Crippen molar-refractivity contribution in [2.24, 2.45) is 0 Å². The van der Waals surface area contributed by atoms with Crippen molar-refractivity contribution < 1.29 is 22.7 Å². The molecule has 1 saturated carbocycles. The minimum Gasteiger partial charge on any atom is -0.379 e. The summed E-state index contributed by atoms with van der Waals surface area (Å²) in [6, 6.07) is 10.5. The fourth-order valence-corrected chi connectivity index (χ4v) is 7.10. The number of ketones is 1. The third kappa shape index (κ3) is 3.90. The smallest absolute Gasteiger partial charge is 0.251 e. The molecule has 174 valence electrons. The molecule has 0 atom stereocenters. The van der Waals surface area contributed by atoms with E-state index in [-0.39, 0.29) is 43.7 Å². The molecule has 0 bridgehead atoms. The highest BCUT2D eigenvalue weighted by molar-refractivity contribution is 7.91. The van der Waals surface area contributed by atoms with Crippen LogP contribution in [-0.2, 0) is 14.6 Å². The van der Waals surface area contributed by atoms with Crippen LogP contribution in [0.25, 0.3) is 0 Å². The van der Waals surface area contributed by atoms with Crippen molar-refractivity contribution in [2.75, 3.05) is 32.8 Å². The van der Waals surface area contributed by atoms with Crippen LogP contribution in [0.15, 0.2) is 52.3 Å². The number of ether oxygens (including phenoxy) is 1. The van der Waals surface area contributed by atoms with E-state index < -0.39 is 9.84 Å².